The Balaban J connectivity index is 1.98. The molecule has 1 amide bonds. The molecule has 0 aliphatic rings. The van der Waals surface area contributed by atoms with Crippen molar-refractivity contribution >= 4 is 66.1 Å². The smallest absolute Gasteiger partial charge is 0.405 e. The standard InChI is InChI=1S/C23H20BrClF2N6O4S/c1-33-20-13(3-4-15(25)18(20)22(31-33)32-38(2,36)37)14-9-16(28)21(24)30-19(14)17(29-23(34)35)7-10-5-11(26)8-12(27)6-10/h3-6,8-9,17,29H,7,28H2,1-2H3,(H,31,32)(H,34,35). The first kappa shape index (κ1) is 27.5. The first-order valence-corrected chi connectivity index (χ1v) is 13.8. The molecule has 2 aromatic heterocycles. The normalized spacial score (nSPS) is 12.5. The molecule has 2 aromatic carbocycles. The molecule has 15 heteroatoms. The van der Waals surface area contributed by atoms with Crippen LogP contribution in [0.1, 0.15) is 17.3 Å². The third-order valence-corrected chi connectivity index (χ3v) is 7.05. The number of carbonyl (C=O) groups is 1. The number of nitrogens with two attached hydrogens (primary N) is 1. The summed E-state index contributed by atoms with van der Waals surface area (Å²) in [6, 6.07) is 6.53. The van der Waals surface area contributed by atoms with Crippen LogP contribution in [0.4, 0.5) is 25.1 Å². The summed E-state index contributed by atoms with van der Waals surface area (Å²) < 4.78 is 55.6. The highest BCUT2D eigenvalue weighted by atomic mass is 79.9. The molecular weight excluding hydrogens is 610 g/mol. The van der Waals surface area contributed by atoms with E-state index in [1.807, 2.05) is 0 Å². The highest BCUT2D eigenvalue weighted by Crippen LogP contribution is 2.41. The van der Waals surface area contributed by atoms with E-state index >= 15 is 0 Å². The molecule has 0 saturated carbocycles. The summed E-state index contributed by atoms with van der Waals surface area (Å²) in [4.78, 5) is 16.2. The number of aryl methyl sites for hydroxylation is 1. The van der Waals surface area contributed by atoms with Crippen LogP contribution >= 0.6 is 27.5 Å². The molecule has 38 heavy (non-hydrogen) atoms. The number of fused-ring (bicyclic) bond motifs is 1. The van der Waals surface area contributed by atoms with E-state index in [2.05, 4.69) is 36.1 Å². The van der Waals surface area contributed by atoms with Crippen molar-refractivity contribution in [1.29, 1.82) is 0 Å². The monoisotopic (exact) mass is 628 g/mol. The molecular formula is C23H20BrClF2N6O4S. The fourth-order valence-electron chi connectivity index (χ4n) is 4.17. The lowest BCUT2D eigenvalue weighted by Crippen LogP contribution is -2.29. The largest absolute Gasteiger partial charge is 0.465 e. The predicted octanol–water partition coefficient (Wildman–Crippen LogP) is 4.83. The Morgan fingerprint density at radius 2 is 1.87 bits per heavy atom. The molecule has 0 saturated heterocycles. The van der Waals surface area contributed by atoms with Crippen molar-refractivity contribution in [3.63, 3.8) is 0 Å². The summed E-state index contributed by atoms with van der Waals surface area (Å²) in [7, 11) is -2.12. The summed E-state index contributed by atoms with van der Waals surface area (Å²) >= 11 is 9.69. The van der Waals surface area contributed by atoms with Gasteiger partial charge in [-0.15, -0.1) is 0 Å². The minimum Gasteiger partial charge on any atom is -0.465 e. The maximum atomic E-state index is 13.9. The van der Waals surface area contributed by atoms with Gasteiger partial charge in [0.15, 0.2) is 5.82 Å². The second-order valence-electron chi connectivity index (χ2n) is 8.45. The lowest BCUT2D eigenvalue weighted by atomic mass is 9.94. The van der Waals surface area contributed by atoms with Crippen molar-refractivity contribution in [3.8, 4) is 11.1 Å². The van der Waals surface area contributed by atoms with Crippen LogP contribution in [0.2, 0.25) is 5.02 Å². The number of benzene rings is 2. The van der Waals surface area contributed by atoms with E-state index in [1.165, 1.54) is 10.7 Å². The number of amides is 1. The molecule has 0 radical (unpaired) electrons. The highest BCUT2D eigenvalue weighted by molar-refractivity contribution is 9.10. The topological polar surface area (TPSA) is 152 Å². The minimum absolute atomic E-state index is 0.00751. The van der Waals surface area contributed by atoms with E-state index in [4.69, 9.17) is 17.3 Å². The average molecular weight is 630 g/mol. The van der Waals surface area contributed by atoms with E-state index in [1.54, 1.807) is 19.2 Å². The van der Waals surface area contributed by atoms with Gasteiger partial charge in [-0.3, -0.25) is 9.40 Å². The van der Waals surface area contributed by atoms with Gasteiger partial charge in [0.25, 0.3) is 0 Å². The molecule has 0 bridgehead atoms. The molecule has 200 valence electrons. The predicted molar refractivity (Wildman–Crippen MR) is 143 cm³/mol. The maximum Gasteiger partial charge on any atom is 0.405 e. The van der Waals surface area contributed by atoms with Crippen LogP contribution in [0.5, 0.6) is 0 Å². The second-order valence-corrected chi connectivity index (χ2v) is 11.4. The molecule has 1 unspecified atom stereocenters. The number of hydrogen-bond acceptors (Lipinski definition) is 6. The number of halogens is 4. The zero-order valence-corrected chi connectivity index (χ0v) is 22.9. The fourth-order valence-corrected chi connectivity index (χ4v) is 5.21. The maximum absolute atomic E-state index is 13.9. The van der Waals surface area contributed by atoms with Crippen molar-refractivity contribution in [3.05, 3.63) is 68.9 Å². The van der Waals surface area contributed by atoms with Crippen molar-refractivity contribution in [2.75, 3.05) is 16.7 Å². The van der Waals surface area contributed by atoms with E-state index in [0.29, 0.717) is 28.1 Å². The molecule has 4 aromatic rings. The van der Waals surface area contributed by atoms with Gasteiger partial charge in [-0.25, -0.2) is 27.0 Å². The van der Waals surface area contributed by atoms with E-state index in [-0.39, 0.29) is 38.8 Å². The summed E-state index contributed by atoms with van der Waals surface area (Å²) in [5.41, 5.74) is 7.93. The Hall–Kier alpha value is -3.49. The highest BCUT2D eigenvalue weighted by Gasteiger charge is 2.26. The van der Waals surface area contributed by atoms with Gasteiger partial charge in [-0.05, 0) is 52.2 Å². The zero-order chi connectivity index (χ0) is 27.9. The number of hydrogen-bond donors (Lipinski definition) is 4. The molecule has 10 nitrogen and oxygen atoms in total. The Morgan fingerprint density at radius 1 is 1.21 bits per heavy atom. The molecule has 0 aliphatic carbocycles. The van der Waals surface area contributed by atoms with Gasteiger partial charge in [0.05, 0.1) is 39.6 Å². The number of nitrogens with one attached hydrogen (secondary N) is 2. The van der Waals surface area contributed by atoms with Crippen molar-refractivity contribution < 1.29 is 27.1 Å². The van der Waals surface area contributed by atoms with Gasteiger partial charge < -0.3 is 16.2 Å². The Bertz CT molecular complexity index is 1680. The van der Waals surface area contributed by atoms with Crippen LogP contribution in [0.15, 0.2) is 41.0 Å². The van der Waals surface area contributed by atoms with Crippen LogP contribution in [-0.2, 0) is 23.5 Å². The lowest BCUT2D eigenvalue weighted by Gasteiger charge is -2.22. The quantitative estimate of drug-likeness (QED) is 0.214. The number of sulfonamides is 1. The van der Waals surface area contributed by atoms with Gasteiger partial charge in [-0.2, -0.15) is 5.10 Å². The van der Waals surface area contributed by atoms with Gasteiger partial charge in [0.1, 0.15) is 16.2 Å². The molecule has 0 aliphatic heterocycles. The summed E-state index contributed by atoms with van der Waals surface area (Å²) in [6.07, 6.45) is -0.575. The van der Waals surface area contributed by atoms with E-state index < -0.39 is 33.8 Å². The van der Waals surface area contributed by atoms with Crippen LogP contribution in [0.3, 0.4) is 0 Å². The Kier molecular flexibility index (Phi) is 7.50. The van der Waals surface area contributed by atoms with Crippen LogP contribution < -0.4 is 15.8 Å². The Labute approximate surface area is 229 Å². The van der Waals surface area contributed by atoms with Crippen LogP contribution in [0.25, 0.3) is 22.0 Å². The van der Waals surface area contributed by atoms with Crippen molar-refractivity contribution in [1.82, 2.24) is 20.1 Å². The van der Waals surface area contributed by atoms with Gasteiger partial charge in [0, 0.05) is 24.2 Å². The fraction of sp³-hybridized carbons (Fsp3) is 0.174. The second kappa shape index (κ2) is 10.3. The first-order valence-electron chi connectivity index (χ1n) is 10.8. The zero-order valence-electron chi connectivity index (χ0n) is 19.8. The molecule has 5 N–H and O–H groups in total. The molecule has 4 rings (SSSR count). The van der Waals surface area contributed by atoms with Gasteiger partial charge in [-0.1, -0.05) is 17.7 Å². The first-order chi connectivity index (χ1) is 17.7. The van der Waals surface area contributed by atoms with Gasteiger partial charge in [0.2, 0.25) is 10.0 Å². The number of anilines is 2. The number of rotatable bonds is 7. The van der Waals surface area contributed by atoms with E-state index in [9.17, 15) is 27.1 Å². The molecule has 1 atom stereocenters. The lowest BCUT2D eigenvalue weighted by molar-refractivity contribution is 0.189. The van der Waals surface area contributed by atoms with Crippen LogP contribution in [0, 0.1) is 11.6 Å². The number of pyridine rings is 1. The summed E-state index contributed by atoms with van der Waals surface area (Å²) in [5.74, 6) is -1.64. The number of nitrogen functional groups attached to an aromatic ring is 1. The molecule has 2 heterocycles. The van der Waals surface area contributed by atoms with Crippen LogP contribution in [-0.4, -0.2) is 40.6 Å². The van der Waals surface area contributed by atoms with Crippen molar-refractivity contribution in [2.24, 2.45) is 7.05 Å². The third-order valence-electron chi connectivity index (χ3n) is 5.53. The SMILES string of the molecule is Cn1nc(NS(C)(=O)=O)c2c(Cl)ccc(-c3cc(N)c(Br)nc3C(Cc3cc(F)cc(F)c3)NC(=O)O)c21. The van der Waals surface area contributed by atoms with Crippen molar-refractivity contribution in [2.45, 2.75) is 12.5 Å². The Morgan fingerprint density at radius 3 is 2.47 bits per heavy atom. The minimum atomic E-state index is -3.70. The summed E-state index contributed by atoms with van der Waals surface area (Å²) in [6.45, 7) is 0. The number of carboxylic acid groups (broad SMARTS) is 1. The van der Waals surface area contributed by atoms with Gasteiger partial charge >= 0.3 is 6.09 Å². The third kappa shape index (κ3) is 5.81. The number of nitrogens with zero attached hydrogens (tertiary/aromatic N) is 3. The summed E-state index contributed by atoms with van der Waals surface area (Å²) in [5, 5.41) is 16.7. The molecule has 0 spiro atoms. The molecule has 0 fully saturated rings. The van der Waals surface area contributed by atoms with E-state index in [0.717, 1.165) is 18.4 Å². The average Bonchev–Trinajstić information content (AvgIpc) is 3.09. The number of aromatic nitrogens is 3.